The van der Waals surface area contributed by atoms with Gasteiger partial charge in [0.05, 0.1) is 10.4 Å². The fourth-order valence-corrected chi connectivity index (χ4v) is 4.63. The lowest BCUT2D eigenvalue weighted by Gasteiger charge is -2.10. The molecule has 2 aliphatic rings. The van der Waals surface area contributed by atoms with Gasteiger partial charge in [-0.25, -0.2) is 4.99 Å². The van der Waals surface area contributed by atoms with Crippen molar-refractivity contribution in [3.05, 3.63) is 38.4 Å². The van der Waals surface area contributed by atoms with Crippen LogP contribution in [0.25, 0.3) is 0 Å². The van der Waals surface area contributed by atoms with Crippen molar-refractivity contribution in [1.82, 2.24) is 0 Å². The summed E-state index contributed by atoms with van der Waals surface area (Å²) < 4.78 is 0. The first-order valence-corrected chi connectivity index (χ1v) is 7.81. The van der Waals surface area contributed by atoms with Crippen LogP contribution in [0.1, 0.15) is 32.1 Å². The van der Waals surface area contributed by atoms with E-state index in [1.807, 2.05) is 17.5 Å². The molecule has 4 rings (SSSR count). The van der Waals surface area contributed by atoms with Gasteiger partial charge in [0.25, 0.3) is 5.78 Å². The SMILES string of the molecule is O=C1C(=O)c2c(sc3c2CCC3)N=C1c1cccs1. The molecule has 5 heteroatoms. The molecule has 3 nitrogen and oxygen atoms in total. The van der Waals surface area contributed by atoms with Gasteiger partial charge in [-0.1, -0.05) is 6.07 Å². The molecule has 0 radical (unpaired) electrons. The minimum absolute atomic E-state index is 0.312. The number of nitrogens with zero attached hydrogens (tertiary/aromatic N) is 1. The number of carbonyl (C=O) groups excluding carboxylic acids is 2. The Kier molecular flexibility index (Phi) is 2.34. The van der Waals surface area contributed by atoms with Crippen LogP contribution >= 0.6 is 22.7 Å². The zero-order chi connectivity index (χ0) is 13.0. The molecule has 0 spiro atoms. The van der Waals surface area contributed by atoms with Crippen LogP contribution in [-0.2, 0) is 17.6 Å². The number of rotatable bonds is 1. The first-order valence-electron chi connectivity index (χ1n) is 6.12. The van der Waals surface area contributed by atoms with E-state index in [2.05, 4.69) is 4.99 Å². The Morgan fingerprint density at radius 1 is 1.16 bits per heavy atom. The van der Waals surface area contributed by atoms with E-state index < -0.39 is 5.78 Å². The smallest absolute Gasteiger partial charge is 0.253 e. The predicted molar refractivity (Wildman–Crippen MR) is 76.2 cm³/mol. The molecule has 3 heterocycles. The van der Waals surface area contributed by atoms with Crippen LogP contribution in [0.4, 0.5) is 5.00 Å². The summed E-state index contributed by atoms with van der Waals surface area (Å²) in [6.45, 7) is 0. The van der Waals surface area contributed by atoms with Crippen molar-refractivity contribution in [3.8, 4) is 0 Å². The van der Waals surface area contributed by atoms with Crippen LogP contribution in [0.15, 0.2) is 22.5 Å². The van der Waals surface area contributed by atoms with Gasteiger partial charge in [-0.15, -0.1) is 22.7 Å². The highest BCUT2D eigenvalue weighted by Crippen LogP contribution is 2.43. The maximum atomic E-state index is 12.3. The van der Waals surface area contributed by atoms with E-state index in [9.17, 15) is 9.59 Å². The van der Waals surface area contributed by atoms with Crippen LogP contribution in [0.2, 0.25) is 0 Å². The fraction of sp³-hybridized carbons (Fsp3) is 0.214. The second kappa shape index (κ2) is 3.95. The van der Waals surface area contributed by atoms with Crippen molar-refractivity contribution in [3.63, 3.8) is 0 Å². The summed E-state index contributed by atoms with van der Waals surface area (Å²) in [6.07, 6.45) is 3.00. The zero-order valence-corrected chi connectivity index (χ0v) is 11.6. The van der Waals surface area contributed by atoms with E-state index in [-0.39, 0.29) is 5.78 Å². The number of carbonyl (C=O) groups is 2. The van der Waals surface area contributed by atoms with Gasteiger partial charge in [-0.2, -0.15) is 0 Å². The Bertz CT molecular complexity index is 738. The van der Waals surface area contributed by atoms with Crippen molar-refractivity contribution >= 4 is 45.0 Å². The molecule has 0 aromatic carbocycles. The minimum atomic E-state index is -0.456. The number of aryl methyl sites for hydroxylation is 1. The molecule has 0 bridgehead atoms. The van der Waals surface area contributed by atoms with E-state index >= 15 is 0 Å². The summed E-state index contributed by atoms with van der Waals surface area (Å²) in [5.41, 5.74) is 1.97. The molecule has 0 fully saturated rings. The normalized spacial score (nSPS) is 17.4. The molecule has 0 amide bonds. The number of ketones is 2. The van der Waals surface area contributed by atoms with E-state index in [1.54, 1.807) is 11.3 Å². The predicted octanol–water partition coefficient (Wildman–Crippen LogP) is 3.18. The van der Waals surface area contributed by atoms with E-state index in [0.717, 1.165) is 34.7 Å². The number of fused-ring (bicyclic) bond motifs is 3. The Labute approximate surface area is 117 Å². The summed E-state index contributed by atoms with van der Waals surface area (Å²) in [7, 11) is 0. The summed E-state index contributed by atoms with van der Waals surface area (Å²) in [6, 6.07) is 3.70. The maximum Gasteiger partial charge on any atom is 0.253 e. The average Bonchev–Trinajstić information content (AvgIpc) is 3.08. The lowest BCUT2D eigenvalue weighted by atomic mass is 9.98. The molecule has 19 heavy (non-hydrogen) atoms. The summed E-state index contributed by atoms with van der Waals surface area (Å²) in [5.74, 6) is -0.824. The van der Waals surface area contributed by atoms with E-state index in [0.29, 0.717) is 11.3 Å². The number of thiophene rings is 2. The highest BCUT2D eigenvalue weighted by atomic mass is 32.1. The van der Waals surface area contributed by atoms with Gasteiger partial charge < -0.3 is 0 Å². The number of hydrogen-bond acceptors (Lipinski definition) is 5. The molecule has 0 saturated carbocycles. The number of Topliss-reactive ketones (excluding diaryl/α,β-unsaturated/α-hetero) is 2. The third-order valence-corrected chi connectivity index (χ3v) is 5.58. The molecule has 94 valence electrons. The highest BCUT2D eigenvalue weighted by molar-refractivity contribution is 7.17. The van der Waals surface area contributed by atoms with Crippen LogP contribution < -0.4 is 0 Å². The molecular formula is C14H9NO2S2. The fourth-order valence-electron chi connectivity index (χ4n) is 2.66. The van der Waals surface area contributed by atoms with Gasteiger partial charge in [-0.05, 0) is 36.3 Å². The largest absolute Gasteiger partial charge is 0.285 e. The van der Waals surface area contributed by atoms with E-state index in [4.69, 9.17) is 0 Å². The van der Waals surface area contributed by atoms with Crippen molar-refractivity contribution in [2.75, 3.05) is 0 Å². The second-order valence-corrected chi connectivity index (χ2v) is 6.66. The standard InChI is InChI=1S/C14H9NO2S2/c16-12-10-7-3-1-4-8(7)19-14(10)15-11(13(12)17)9-5-2-6-18-9/h2,5-6H,1,3-4H2. The van der Waals surface area contributed by atoms with Gasteiger partial charge in [0.15, 0.2) is 0 Å². The Morgan fingerprint density at radius 2 is 2.05 bits per heavy atom. The Hall–Kier alpha value is -1.59. The monoisotopic (exact) mass is 287 g/mol. The first kappa shape index (κ1) is 11.3. The van der Waals surface area contributed by atoms with Gasteiger partial charge in [0.1, 0.15) is 10.7 Å². The van der Waals surface area contributed by atoms with Crippen LogP contribution in [0.3, 0.4) is 0 Å². The Morgan fingerprint density at radius 3 is 2.84 bits per heavy atom. The van der Waals surface area contributed by atoms with Crippen molar-refractivity contribution in [2.45, 2.75) is 19.3 Å². The van der Waals surface area contributed by atoms with Crippen molar-refractivity contribution in [1.29, 1.82) is 0 Å². The molecule has 2 aromatic rings. The van der Waals surface area contributed by atoms with Gasteiger partial charge in [0.2, 0.25) is 5.78 Å². The second-order valence-electron chi connectivity index (χ2n) is 4.63. The topological polar surface area (TPSA) is 46.5 Å². The zero-order valence-electron chi connectivity index (χ0n) is 9.93. The van der Waals surface area contributed by atoms with Gasteiger partial charge in [0, 0.05) is 4.88 Å². The van der Waals surface area contributed by atoms with Crippen LogP contribution in [0.5, 0.6) is 0 Å². The molecule has 2 aromatic heterocycles. The first-order chi connectivity index (χ1) is 9.25. The van der Waals surface area contributed by atoms with Crippen LogP contribution in [-0.4, -0.2) is 17.3 Å². The Balaban J connectivity index is 1.94. The quantitative estimate of drug-likeness (QED) is 0.756. The lowest BCUT2D eigenvalue weighted by Crippen LogP contribution is -2.27. The van der Waals surface area contributed by atoms with Crippen molar-refractivity contribution < 1.29 is 9.59 Å². The molecule has 1 aliphatic carbocycles. The van der Waals surface area contributed by atoms with Crippen molar-refractivity contribution in [2.24, 2.45) is 4.99 Å². The van der Waals surface area contributed by atoms with Crippen LogP contribution in [0, 0.1) is 0 Å². The van der Waals surface area contributed by atoms with Gasteiger partial charge >= 0.3 is 0 Å². The molecule has 1 aliphatic heterocycles. The molecule has 0 saturated heterocycles. The third kappa shape index (κ3) is 1.52. The number of hydrogen-bond donors (Lipinski definition) is 0. The molecule has 0 unspecified atom stereocenters. The van der Waals surface area contributed by atoms with Gasteiger partial charge in [-0.3, -0.25) is 9.59 Å². The highest BCUT2D eigenvalue weighted by Gasteiger charge is 2.36. The third-order valence-electron chi connectivity index (χ3n) is 3.52. The lowest BCUT2D eigenvalue weighted by molar-refractivity contribution is -0.109. The summed E-state index contributed by atoms with van der Waals surface area (Å²) in [4.78, 5) is 31.0. The molecular weight excluding hydrogens is 278 g/mol. The average molecular weight is 287 g/mol. The minimum Gasteiger partial charge on any atom is -0.285 e. The molecule has 0 N–H and O–H groups in total. The van der Waals surface area contributed by atoms with E-state index in [1.165, 1.54) is 16.2 Å². The summed E-state index contributed by atoms with van der Waals surface area (Å²) in [5, 5.41) is 2.62. The maximum absolute atomic E-state index is 12.3. The number of aliphatic imine (C=N–C) groups is 1. The summed E-state index contributed by atoms with van der Waals surface area (Å²) >= 11 is 3.02. The molecule has 0 atom stereocenters.